The quantitative estimate of drug-likeness (QED) is 0.205. The number of benzene rings is 1. The summed E-state index contributed by atoms with van der Waals surface area (Å²) in [6.45, 7) is 1.50. The van der Waals surface area contributed by atoms with Crippen LogP contribution in [-0.4, -0.2) is 53.8 Å². The van der Waals surface area contributed by atoms with Gasteiger partial charge in [0.2, 0.25) is 5.95 Å². The maximum absolute atomic E-state index is 11.7. The third-order valence-electron chi connectivity index (χ3n) is 3.83. The molecule has 1 aromatic carbocycles. The molecule has 0 aliphatic heterocycles. The Kier molecular flexibility index (Phi) is 7.84. The minimum atomic E-state index is -0.0860. The van der Waals surface area contributed by atoms with Gasteiger partial charge < -0.3 is 11.1 Å². The zero-order chi connectivity index (χ0) is 19.6. The van der Waals surface area contributed by atoms with Gasteiger partial charge in [-0.3, -0.25) is 20.6 Å². The van der Waals surface area contributed by atoms with Crippen molar-refractivity contribution < 1.29 is 4.79 Å². The summed E-state index contributed by atoms with van der Waals surface area (Å²) in [5.74, 6) is 0.484. The van der Waals surface area contributed by atoms with Gasteiger partial charge in [0, 0.05) is 51.6 Å². The van der Waals surface area contributed by atoms with E-state index in [0.29, 0.717) is 18.8 Å². The molecule has 0 amide bonds. The molecule has 0 unspecified atom stereocenters. The molecule has 0 atom stereocenters. The van der Waals surface area contributed by atoms with Gasteiger partial charge >= 0.3 is 0 Å². The van der Waals surface area contributed by atoms with E-state index in [1.54, 1.807) is 12.4 Å². The summed E-state index contributed by atoms with van der Waals surface area (Å²) in [6.07, 6.45) is 4.60. The second-order valence-corrected chi connectivity index (χ2v) is 6.47. The molecule has 8 nitrogen and oxygen atoms in total. The van der Waals surface area contributed by atoms with Crippen molar-refractivity contribution in [3.05, 3.63) is 42.2 Å². The van der Waals surface area contributed by atoms with Crippen molar-refractivity contribution in [3.8, 4) is 11.1 Å². The Labute approximate surface area is 159 Å². The van der Waals surface area contributed by atoms with Gasteiger partial charge in [-0.05, 0) is 17.5 Å². The molecule has 0 aliphatic rings. The molecule has 0 saturated carbocycles. The second-order valence-electron chi connectivity index (χ2n) is 6.47. The molecule has 27 heavy (non-hydrogen) atoms. The van der Waals surface area contributed by atoms with Crippen molar-refractivity contribution in [1.29, 1.82) is 5.41 Å². The van der Waals surface area contributed by atoms with Crippen LogP contribution in [0.5, 0.6) is 0 Å². The molecule has 0 bridgehead atoms. The topological polar surface area (TPSA) is 120 Å². The fraction of sp³-hybridized carbons (Fsp3) is 0.368. The van der Waals surface area contributed by atoms with E-state index >= 15 is 0 Å². The summed E-state index contributed by atoms with van der Waals surface area (Å²) in [5, 5.41) is 12.2. The summed E-state index contributed by atoms with van der Waals surface area (Å²) in [6, 6.07) is 7.97. The van der Waals surface area contributed by atoms with Gasteiger partial charge in [-0.1, -0.05) is 24.3 Å². The molecule has 0 fully saturated rings. The minimum absolute atomic E-state index is 0.0181. The number of nitrogens with two attached hydrogens (primary N) is 1. The number of carbonyl (C=O) groups excluding carboxylic acids is 1. The number of hydrogen-bond acceptors (Lipinski definition) is 7. The molecule has 0 aliphatic carbocycles. The van der Waals surface area contributed by atoms with Crippen LogP contribution in [0.3, 0.4) is 0 Å². The fourth-order valence-corrected chi connectivity index (χ4v) is 2.51. The van der Waals surface area contributed by atoms with Gasteiger partial charge in [0.05, 0.1) is 12.3 Å². The monoisotopic (exact) mass is 369 g/mol. The largest absolute Gasteiger partial charge is 0.387 e. The van der Waals surface area contributed by atoms with Crippen molar-refractivity contribution in [3.63, 3.8) is 0 Å². The molecule has 0 spiro atoms. The zero-order valence-corrected chi connectivity index (χ0v) is 15.8. The highest BCUT2D eigenvalue weighted by Crippen LogP contribution is 2.20. The first kappa shape index (κ1) is 20.5. The van der Waals surface area contributed by atoms with Crippen molar-refractivity contribution in [2.45, 2.75) is 19.3 Å². The lowest BCUT2D eigenvalue weighted by molar-refractivity contribution is -0.117. The number of aryl methyl sites for hydroxylation is 1. The summed E-state index contributed by atoms with van der Waals surface area (Å²) >= 11 is 0. The average molecular weight is 369 g/mol. The molecule has 0 radical (unpaired) electrons. The number of hydrazine groups is 1. The number of hydrogen-bond donors (Lipinski definition) is 4. The van der Waals surface area contributed by atoms with Gasteiger partial charge in [-0.2, -0.15) is 0 Å². The van der Waals surface area contributed by atoms with E-state index in [4.69, 9.17) is 11.1 Å². The van der Waals surface area contributed by atoms with Gasteiger partial charge in [0.25, 0.3) is 0 Å². The molecule has 0 saturated heterocycles. The number of amidine groups is 1. The molecule has 5 N–H and O–H groups in total. The lowest BCUT2D eigenvalue weighted by atomic mass is 10.0. The second kappa shape index (κ2) is 10.3. The number of aromatic nitrogens is 2. The van der Waals surface area contributed by atoms with Crippen LogP contribution >= 0.6 is 0 Å². The van der Waals surface area contributed by atoms with E-state index in [9.17, 15) is 4.79 Å². The third kappa shape index (κ3) is 7.51. The number of rotatable bonds is 11. The van der Waals surface area contributed by atoms with Crippen LogP contribution in [0.2, 0.25) is 0 Å². The molecular weight excluding hydrogens is 342 g/mol. The van der Waals surface area contributed by atoms with E-state index in [2.05, 4.69) is 20.7 Å². The highest BCUT2D eigenvalue weighted by atomic mass is 16.1. The lowest BCUT2D eigenvalue weighted by Crippen LogP contribution is -2.34. The van der Waals surface area contributed by atoms with Gasteiger partial charge in [-0.25, -0.2) is 9.97 Å². The van der Waals surface area contributed by atoms with E-state index in [-0.39, 0.29) is 18.0 Å². The molecule has 144 valence electrons. The number of nitrogens with zero attached hydrogens (tertiary/aromatic N) is 3. The van der Waals surface area contributed by atoms with Crippen molar-refractivity contribution in [2.75, 3.05) is 32.5 Å². The lowest BCUT2D eigenvalue weighted by Gasteiger charge is -2.12. The SMILES string of the molecule is CN(C)NCCNc1ncc(-c2cccc(CCC(=O)CC(=N)N)c2)cn1. The summed E-state index contributed by atoms with van der Waals surface area (Å²) in [5.41, 5.74) is 11.4. The van der Waals surface area contributed by atoms with Crippen molar-refractivity contribution in [1.82, 2.24) is 20.4 Å². The van der Waals surface area contributed by atoms with E-state index in [0.717, 1.165) is 29.8 Å². The fourth-order valence-electron chi connectivity index (χ4n) is 2.51. The first-order valence-electron chi connectivity index (χ1n) is 8.84. The first-order chi connectivity index (χ1) is 12.9. The Morgan fingerprint density at radius 1 is 1.19 bits per heavy atom. The predicted octanol–water partition coefficient (Wildman–Crippen LogP) is 1.45. The summed E-state index contributed by atoms with van der Waals surface area (Å²) in [7, 11) is 3.89. The van der Waals surface area contributed by atoms with Gasteiger partial charge in [0.1, 0.15) is 5.78 Å². The Hall–Kier alpha value is -2.84. The molecule has 8 heteroatoms. The van der Waals surface area contributed by atoms with E-state index < -0.39 is 0 Å². The third-order valence-corrected chi connectivity index (χ3v) is 3.83. The minimum Gasteiger partial charge on any atom is -0.387 e. The van der Waals surface area contributed by atoms with Crippen LogP contribution in [-0.2, 0) is 11.2 Å². The molecule has 2 aromatic rings. The Morgan fingerprint density at radius 3 is 2.59 bits per heavy atom. The van der Waals surface area contributed by atoms with Crippen LogP contribution in [0.15, 0.2) is 36.7 Å². The molecule has 2 rings (SSSR count). The van der Waals surface area contributed by atoms with E-state index in [1.807, 2.05) is 43.4 Å². The standard InChI is InChI=1S/C19H27N7O/c1-26(2)25-9-8-22-19-23-12-16(13-24-19)15-5-3-4-14(10-15)6-7-17(27)11-18(20)21/h3-5,10,12-13,25H,6-9,11H2,1-2H3,(H3,20,21)(H,22,23,24). The number of ketones is 1. The average Bonchev–Trinajstić information content (AvgIpc) is 2.64. The van der Waals surface area contributed by atoms with Crippen LogP contribution in [0.1, 0.15) is 18.4 Å². The van der Waals surface area contributed by atoms with Crippen LogP contribution in [0.4, 0.5) is 5.95 Å². The molecular formula is C19H27N7O. The van der Waals surface area contributed by atoms with Gasteiger partial charge in [0.15, 0.2) is 0 Å². The zero-order valence-electron chi connectivity index (χ0n) is 15.8. The summed E-state index contributed by atoms with van der Waals surface area (Å²) < 4.78 is 0. The maximum atomic E-state index is 11.7. The summed E-state index contributed by atoms with van der Waals surface area (Å²) in [4.78, 5) is 20.4. The smallest absolute Gasteiger partial charge is 0.222 e. The Bertz CT molecular complexity index is 759. The van der Waals surface area contributed by atoms with Crippen LogP contribution in [0.25, 0.3) is 11.1 Å². The number of carbonyl (C=O) groups is 1. The first-order valence-corrected chi connectivity index (χ1v) is 8.84. The Morgan fingerprint density at radius 2 is 1.93 bits per heavy atom. The number of Topliss-reactive ketones (excluding diaryl/α,β-unsaturated/α-hetero) is 1. The predicted molar refractivity (Wildman–Crippen MR) is 108 cm³/mol. The maximum Gasteiger partial charge on any atom is 0.222 e. The number of nitrogens with one attached hydrogen (secondary N) is 3. The van der Waals surface area contributed by atoms with E-state index in [1.165, 1.54) is 0 Å². The highest BCUT2D eigenvalue weighted by molar-refractivity contribution is 5.98. The van der Waals surface area contributed by atoms with Gasteiger partial charge in [-0.15, -0.1) is 0 Å². The van der Waals surface area contributed by atoms with Crippen LogP contribution in [0, 0.1) is 5.41 Å². The van der Waals surface area contributed by atoms with Crippen LogP contribution < -0.4 is 16.5 Å². The normalized spacial score (nSPS) is 10.8. The van der Waals surface area contributed by atoms with Crippen molar-refractivity contribution in [2.24, 2.45) is 5.73 Å². The molecule has 1 aromatic heterocycles. The Balaban J connectivity index is 1.92. The molecule has 1 heterocycles. The number of anilines is 1. The van der Waals surface area contributed by atoms with Crippen molar-refractivity contribution >= 4 is 17.6 Å². The highest BCUT2D eigenvalue weighted by Gasteiger charge is 2.06.